The second-order valence-corrected chi connectivity index (χ2v) is 6.83. The van der Waals surface area contributed by atoms with Crippen LogP contribution in [0.4, 0.5) is 0 Å². The lowest BCUT2D eigenvalue weighted by Crippen LogP contribution is -2.39. The summed E-state index contributed by atoms with van der Waals surface area (Å²) in [5.74, 6) is 0.446. The van der Waals surface area contributed by atoms with Gasteiger partial charge in [-0.3, -0.25) is 19.6 Å². The van der Waals surface area contributed by atoms with Gasteiger partial charge in [-0.1, -0.05) is 12.1 Å². The molecule has 1 unspecified atom stereocenters. The highest BCUT2D eigenvalue weighted by Crippen LogP contribution is 2.34. The van der Waals surface area contributed by atoms with Gasteiger partial charge < -0.3 is 10.1 Å². The Balaban J connectivity index is 0.00000196. The predicted molar refractivity (Wildman–Crippen MR) is 99.6 cm³/mol. The molecule has 0 spiro atoms. The maximum absolute atomic E-state index is 12.2. The van der Waals surface area contributed by atoms with Gasteiger partial charge in [0.05, 0.1) is 18.2 Å². The van der Waals surface area contributed by atoms with Gasteiger partial charge in [-0.2, -0.15) is 5.10 Å². The molecule has 2 aromatic rings. The first kappa shape index (κ1) is 18.7. The second-order valence-electron chi connectivity index (χ2n) is 6.83. The number of amides is 2. The van der Waals surface area contributed by atoms with E-state index in [0.717, 1.165) is 41.9 Å². The number of rotatable bonds is 4. The third-order valence-corrected chi connectivity index (χ3v) is 5.06. The number of hydrogen-bond donors (Lipinski definition) is 2. The minimum Gasteiger partial charge on any atom is -0.491 e. The Labute approximate surface area is 157 Å². The molecule has 0 aliphatic carbocycles. The van der Waals surface area contributed by atoms with E-state index in [1.165, 1.54) is 0 Å². The SMILES string of the molecule is Cl.Cn1nc(C2CCC(=O)NC2=O)c2cccc(OC[C@@H]3CCNC3)c21. The lowest BCUT2D eigenvalue weighted by atomic mass is 9.93. The molecule has 3 heterocycles. The van der Waals surface area contributed by atoms with Crippen molar-refractivity contribution in [3.8, 4) is 5.75 Å². The number of carbonyl (C=O) groups is 2. The number of aromatic nitrogens is 2. The normalized spacial score (nSPS) is 23.0. The topological polar surface area (TPSA) is 85.2 Å². The molecule has 0 bridgehead atoms. The number of ether oxygens (including phenoxy) is 1. The second kappa shape index (κ2) is 7.63. The number of nitrogens with zero attached hydrogens (tertiary/aromatic N) is 2. The van der Waals surface area contributed by atoms with E-state index in [-0.39, 0.29) is 24.2 Å². The molecule has 2 aliphatic rings. The Morgan fingerprint density at radius 1 is 1.31 bits per heavy atom. The van der Waals surface area contributed by atoms with Gasteiger partial charge >= 0.3 is 0 Å². The average Bonchev–Trinajstić information content (AvgIpc) is 3.22. The van der Waals surface area contributed by atoms with Gasteiger partial charge in [0.25, 0.3) is 0 Å². The Morgan fingerprint density at radius 2 is 2.15 bits per heavy atom. The Hall–Kier alpha value is -2.12. The fraction of sp³-hybridized carbons (Fsp3) is 0.500. The van der Waals surface area contributed by atoms with Gasteiger partial charge in [-0.15, -0.1) is 12.4 Å². The van der Waals surface area contributed by atoms with E-state index < -0.39 is 5.92 Å². The van der Waals surface area contributed by atoms with Crippen LogP contribution in [0.15, 0.2) is 18.2 Å². The van der Waals surface area contributed by atoms with Crippen molar-refractivity contribution in [3.63, 3.8) is 0 Å². The van der Waals surface area contributed by atoms with Crippen molar-refractivity contribution in [2.24, 2.45) is 13.0 Å². The molecule has 2 atom stereocenters. The number of fused-ring (bicyclic) bond motifs is 1. The van der Waals surface area contributed by atoms with Gasteiger partial charge in [0.2, 0.25) is 11.8 Å². The van der Waals surface area contributed by atoms with Crippen LogP contribution in [0.3, 0.4) is 0 Å². The number of piperidine rings is 1. The van der Waals surface area contributed by atoms with Crippen molar-refractivity contribution in [2.75, 3.05) is 19.7 Å². The lowest BCUT2D eigenvalue weighted by molar-refractivity contribution is -0.134. The fourth-order valence-corrected chi connectivity index (χ4v) is 3.72. The number of carbonyl (C=O) groups excluding carboxylic acids is 2. The van der Waals surface area contributed by atoms with Crippen LogP contribution in [-0.4, -0.2) is 41.3 Å². The van der Waals surface area contributed by atoms with Gasteiger partial charge in [0.1, 0.15) is 11.3 Å². The quantitative estimate of drug-likeness (QED) is 0.787. The van der Waals surface area contributed by atoms with Gasteiger partial charge in [0, 0.05) is 31.3 Å². The maximum Gasteiger partial charge on any atom is 0.235 e. The molecule has 0 saturated carbocycles. The first-order valence-corrected chi connectivity index (χ1v) is 8.76. The van der Waals surface area contributed by atoms with E-state index in [0.29, 0.717) is 25.4 Å². The Bertz CT molecular complexity index is 829. The van der Waals surface area contributed by atoms with E-state index in [9.17, 15) is 9.59 Å². The molecule has 26 heavy (non-hydrogen) atoms. The summed E-state index contributed by atoms with van der Waals surface area (Å²) in [6.07, 6.45) is 1.97. The van der Waals surface area contributed by atoms with Crippen molar-refractivity contribution >= 4 is 35.1 Å². The number of halogens is 1. The van der Waals surface area contributed by atoms with Crippen LogP contribution in [-0.2, 0) is 16.6 Å². The zero-order valence-corrected chi connectivity index (χ0v) is 15.5. The van der Waals surface area contributed by atoms with E-state index in [1.54, 1.807) is 4.68 Å². The van der Waals surface area contributed by atoms with Crippen molar-refractivity contribution in [1.82, 2.24) is 20.4 Å². The largest absolute Gasteiger partial charge is 0.491 e. The minimum absolute atomic E-state index is 0. The minimum atomic E-state index is -0.393. The van der Waals surface area contributed by atoms with Crippen LogP contribution < -0.4 is 15.4 Å². The summed E-state index contributed by atoms with van der Waals surface area (Å²) in [4.78, 5) is 23.6. The van der Waals surface area contributed by atoms with Crippen LogP contribution in [0.25, 0.3) is 10.9 Å². The van der Waals surface area contributed by atoms with Crippen molar-refractivity contribution in [2.45, 2.75) is 25.2 Å². The zero-order chi connectivity index (χ0) is 17.4. The first-order chi connectivity index (χ1) is 12.1. The van der Waals surface area contributed by atoms with Gasteiger partial charge in [-0.25, -0.2) is 0 Å². The Morgan fingerprint density at radius 3 is 2.88 bits per heavy atom. The monoisotopic (exact) mass is 378 g/mol. The predicted octanol–water partition coefficient (Wildman–Crippen LogP) is 1.50. The highest BCUT2D eigenvalue weighted by Gasteiger charge is 2.32. The molecule has 2 N–H and O–H groups in total. The van der Waals surface area contributed by atoms with Crippen LogP contribution >= 0.6 is 12.4 Å². The summed E-state index contributed by atoms with van der Waals surface area (Å²) >= 11 is 0. The molecule has 0 radical (unpaired) electrons. The van der Waals surface area contributed by atoms with Crippen LogP contribution in [0.1, 0.15) is 30.9 Å². The summed E-state index contributed by atoms with van der Waals surface area (Å²) in [6, 6.07) is 5.84. The number of para-hydroxylation sites is 1. The van der Waals surface area contributed by atoms with E-state index in [4.69, 9.17) is 4.74 Å². The molecule has 8 heteroatoms. The Kier molecular flexibility index (Phi) is 5.48. The zero-order valence-electron chi connectivity index (χ0n) is 14.7. The number of nitrogens with one attached hydrogen (secondary N) is 2. The molecule has 2 amide bonds. The van der Waals surface area contributed by atoms with Gasteiger partial charge in [-0.05, 0) is 25.5 Å². The highest BCUT2D eigenvalue weighted by molar-refractivity contribution is 6.02. The summed E-state index contributed by atoms with van der Waals surface area (Å²) in [5, 5.41) is 11.3. The molecule has 2 fully saturated rings. The van der Waals surface area contributed by atoms with Gasteiger partial charge in [0.15, 0.2) is 0 Å². The molecular weight excluding hydrogens is 356 g/mol. The fourth-order valence-electron chi connectivity index (χ4n) is 3.72. The third kappa shape index (κ3) is 3.41. The van der Waals surface area contributed by atoms with Crippen LogP contribution in [0.5, 0.6) is 5.75 Å². The van der Waals surface area contributed by atoms with E-state index >= 15 is 0 Å². The molecule has 1 aromatic carbocycles. The molecule has 7 nitrogen and oxygen atoms in total. The highest BCUT2D eigenvalue weighted by atomic mass is 35.5. The number of benzene rings is 1. The van der Waals surface area contributed by atoms with E-state index in [1.807, 2.05) is 25.2 Å². The molecular formula is C18H23ClN4O3. The van der Waals surface area contributed by atoms with Crippen molar-refractivity contribution in [1.29, 1.82) is 0 Å². The number of aryl methyl sites for hydroxylation is 1. The summed E-state index contributed by atoms with van der Waals surface area (Å²) < 4.78 is 7.85. The molecule has 4 rings (SSSR count). The average molecular weight is 379 g/mol. The van der Waals surface area contributed by atoms with Crippen LogP contribution in [0.2, 0.25) is 0 Å². The molecule has 140 valence electrons. The van der Waals surface area contributed by atoms with Crippen LogP contribution in [0, 0.1) is 5.92 Å². The first-order valence-electron chi connectivity index (χ1n) is 8.76. The standard InChI is InChI=1S/C18H22N4O3.ClH/c1-22-17-12(16(21-22)13-5-6-15(23)20-18(13)24)3-2-4-14(17)25-10-11-7-8-19-9-11;/h2-4,11,13,19H,5-10H2,1H3,(H,20,23,24);1H/t11-,13?;/m1./s1. The lowest BCUT2D eigenvalue weighted by Gasteiger charge is -2.19. The van der Waals surface area contributed by atoms with Crippen molar-refractivity contribution < 1.29 is 14.3 Å². The smallest absolute Gasteiger partial charge is 0.235 e. The molecule has 1 aromatic heterocycles. The third-order valence-electron chi connectivity index (χ3n) is 5.06. The summed E-state index contributed by atoms with van der Waals surface area (Å²) in [5.41, 5.74) is 1.61. The number of imide groups is 1. The number of hydrogen-bond acceptors (Lipinski definition) is 5. The maximum atomic E-state index is 12.2. The molecule has 2 saturated heterocycles. The summed E-state index contributed by atoms with van der Waals surface area (Å²) in [6.45, 7) is 2.71. The van der Waals surface area contributed by atoms with Crippen molar-refractivity contribution in [3.05, 3.63) is 23.9 Å². The summed E-state index contributed by atoms with van der Waals surface area (Å²) in [7, 11) is 1.86. The molecule has 2 aliphatic heterocycles. The van der Waals surface area contributed by atoms with E-state index in [2.05, 4.69) is 15.7 Å².